The average Bonchev–Trinajstić information content (AvgIpc) is 2.37. The fourth-order valence-electron chi connectivity index (χ4n) is 1.77. The summed E-state index contributed by atoms with van der Waals surface area (Å²) in [6.07, 6.45) is 0. The van der Waals surface area contributed by atoms with Crippen molar-refractivity contribution in [3.8, 4) is 0 Å². The number of nitrogens with zero attached hydrogens (tertiary/aromatic N) is 1. The standard InChI is InChI=1S/C15H25N3O/c1-11-6-7-14(10-12(11)2)13(3)16-8-9-17-15(19)18(4)5/h6-7,10,13,16H,8-9H2,1-5H3,(H,17,19). The Morgan fingerprint density at radius 2 is 1.89 bits per heavy atom. The van der Waals surface area contributed by atoms with Gasteiger partial charge in [-0.2, -0.15) is 0 Å². The molecule has 0 spiro atoms. The van der Waals surface area contributed by atoms with Crippen LogP contribution in [0.3, 0.4) is 0 Å². The van der Waals surface area contributed by atoms with Crippen LogP contribution in [0.15, 0.2) is 18.2 Å². The third-order valence-electron chi connectivity index (χ3n) is 3.29. The van der Waals surface area contributed by atoms with E-state index in [-0.39, 0.29) is 12.1 Å². The highest BCUT2D eigenvalue weighted by atomic mass is 16.2. The molecule has 4 nitrogen and oxygen atoms in total. The molecule has 0 fully saturated rings. The van der Waals surface area contributed by atoms with Gasteiger partial charge >= 0.3 is 6.03 Å². The number of urea groups is 1. The number of aryl methyl sites for hydroxylation is 2. The smallest absolute Gasteiger partial charge is 0.316 e. The Morgan fingerprint density at radius 3 is 2.47 bits per heavy atom. The first-order chi connectivity index (χ1) is 8.91. The third-order valence-corrected chi connectivity index (χ3v) is 3.29. The van der Waals surface area contributed by atoms with E-state index in [0.29, 0.717) is 6.54 Å². The zero-order valence-electron chi connectivity index (χ0n) is 12.6. The maximum atomic E-state index is 11.3. The van der Waals surface area contributed by atoms with E-state index in [1.165, 1.54) is 21.6 Å². The Balaban J connectivity index is 2.37. The van der Waals surface area contributed by atoms with Gasteiger partial charge in [0.1, 0.15) is 0 Å². The van der Waals surface area contributed by atoms with Crippen LogP contribution in [0.5, 0.6) is 0 Å². The lowest BCUT2D eigenvalue weighted by molar-refractivity contribution is 0.217. The summed E-state index contributed by atoms with van der Waals surface area (Å²) in [6.45, 7) is 7.77. The summed E-state index contributed by atoms with van der Waals surface area (Å²) < 4.78 is 0. The normalized spacial score (nSPS) is 12.1. The predicted molar refractivity (Wildman–Crippen MR) is 79.4 cm³/mol. The molecule has 19 heavy (non-hydrogen) atoms. The van der Waals surface area contributed by atoms with Gasteiger partial charge in [-0.25, -0.2) is 4.79 Å². The van der Waals surface area contributed by atoms with Crippen LogP contribution in [0.25, 0.3) is 0 Å². The predicted octanol–water partition coefficient (Wildman–Crippen LogP) is 2.23. The maximum Gasteiger partial charge on any atom is 0.316 e. The highest BCUT2D eigenvalue weighted by Gasteiger charge is 2.06. The van der Waals surface area contributed by atoms with Crippen LogP contribution in [0, 0.1) is 13.8 Å². The zero-order chi connectivity index (χ0) is 14.4. The maximum absolute atomic E-state index is 11.3. The molecule has 1 aromatic carbocycles. The summed E-state index contributed by atoms with van der Waals surface area (Å²) in [4.78, 5) is 12.9. The molecule has 2 amide bonds. The van der Waals surface area contributed by atoms with E-state index in [0.717, 1.165) is 6.54 Å². The van der Waals surface area contributed by atoms with Crippen LogP contribution in [0.1, 0.15) is 29.7 Å². The number of rotatable bonds is 5. The summed E-state index contributed by atoms with van der Waals surface area (Å²) >= 11 is 0. The van der Waals surface area contributed by atoms with Crippen molar-refractivity contribution in [3.05, 3.63) is 34.9 Å². The fraction of sp³-hybridized carbons (Fsp3) is 0.533. The molecule has 0 bridgehead atoms. The first-order valence-electron chi connectivity index (χ1n) is 6.67. The average molecular weight is 263 g/mol. The van der Waals surface area contributed by atoms with E-state index in [1.54, 1.807) is 14.1 Å². The summed E-state index contributed by atoms with van der Waals surface area (Å²) in [5.41, 5.74) is 3.91. The zero-order valence-corrected chi connectivity index (χ0v) is 12.6. The largest absolute Gasteiger partial charge is 0.337 e. The minimum absolute atomic E-state index is 0.0550. The Kier molecular flexibility index (Phi) is 5.83. The molecule has 1 aromatic rings. The highest BCUT2D eigenvalue weighted by molar-refractivity contribution is 5.73. The van der Waals surface area contributed by atoms with Crippen molar-refractivity contribution in [2.24, 2.45) is 0 Å². The molecule has 0 aromatic heterocycles. The molecule has 0 saturated carbocycles. The van der Waals surface area contributed by atoms with Crippen molar-refractivity contribution in [1.82, 2.24) is 15.5 Å². The Labute approximate surface area is 116 Å². The number of hydrogen-bond donors (Lipinski definition) is 2. The number of carbonyl (C=O) groups excluding carboxylic acids is 1. The summed E-state index contributed by atoms with van der Waals surface area (Å²) in [5, 5.41) is 6.24. The van der Waals surface area contributed by atoms with Gasteiger partial charge in [-0.1, -0.05) is 18.2 Å². The fourth-order valence-corrected chi connectivity index (χ4v) is 1.77. The van der Waals surface area contributed by atoms with E-state index in [1.807, 2.05) is 0 Å². The number of amides is 2. The van der Waals surface area contributed by atoms with Crippen molar-refractivity contribution in [3.63, 3.8) is 0 Å². The molecule has 0 aliphatic carbocycles. The molecule has 1 unspecified atom stereocenters. The second-order valence-corrected chi connectivity index (χ2v) is 5.15. The van der Waals surface area contributed by atoms with E-state index in [9.17, 15) is 4.79 Å². The number of nitrogens with one attached hydrogen (secondary N) is 2. The molecule has 0 saturated heterocycles. The highest BCUT2D eigenvalue weighted by Crippen LogP contribution is 2.16. The molecule has 2 N–H and O–H groups in total. The molecule has 0 radical (unpaired) electrons. The monoisotopic (exact) mass is 263 g/mol. The quantitative estimate of drug-likeness (QED) is 0.800. The van der Waals surface area contributed by atoms with Crippen LogP contribution in [-0.2, 0) is 0 Å². The molecule has 106 valence electrons. The van der Waals surface area contributed by atoms with Crippen LogP contribution < -0.4 is 10.6 Å². The second-order valence-electron chi connectivity index (χ2n) is 5.15. The van der Waals surface area contributed by atoms with Crippen LogP contribution in [0.2, 0.25) is 0 Å². The van der Waals surface area contributed by atoms with Crippen molar-refractivity contribution in [2.45, 2.75) is 26.8 Å². The van der Waals surface area contributed by atoms with Gasteiger partial charge in [-0.3, -0.25) is 0 Å². The molecule has 4 heteroatoms. The Morgan fingerprint density at radius 1 is 1.21 bits per heavy atom. The first kappa shape index (κ1) is 15.5. The van der Waals surface area contributed by atoms with Gasteiger partial charge < -0.3 is 15.5 Å². The molecule has 0 aliphatic rings. The van der Waals surface area contributed by atoms with Gasteiger partial charge in [0.15, 0.2) is 0 Å². The van der Waals surface area contributed by atoms with Crippen LogP contribution >= 0.6 is 0 Å². The van der Waals surface area contributed by atoms with Crippen LogP contribution in [-0.4, -0.2) is 38.1 Å². The van der Waals surface area contributed by atoms with Crippen molar-refractivity contribution < 1.29 is 4.79 Å². The number of hydrogen-bond acceptors (Lipinski definition) is 2. The van der Waals surface area contributed by atoms with E-state index < -0.39 is 0 Å². The summed E-state index contributed by atoms with van der Waals surface area (Å²) in [6, 6.07) is 6.75. The van der Waals surface area contributed by atoms with Crippen molar-refractivity contribution >= 4 is 6.03 Å². The number of benzene rings is 1. The molecule has 0 heterocycles. The lowest BCUT2D eigenvalue weighted by atomic mass is 10.0. The van der Waals surface area contributed by atoms with E-state index >= 15 is 0 Å². The topological polar surface area (TPSA) is 44.4 Å². The van der Waals surface area contributed by atoms with Crippen molar-refractivity contribution in [1.29, 1.82) is 0 Å². The lowest BCUT2D eigenvalue weighted by Gasteiger charge is -2.17. The SMILES string of the molecule is Cc1ccc(C(C)NCCNC(=O)N(C)C)cc1C. The van der Waals surface area contributed by atoms with Crippen molar-refractivity contribution in [2.75, 3.05) is 27.2 Å². The molecular weight excluding hydrogens is 238 g/mol. The van der Waals surface area contributed by atoms with Gasteiger partial charge in [-0.05, 0) is 37.5 Å². The first-order valence-corrected chi connectivity index (χ1v) is 6.67. The molecular formula is C15H25N3O. The van der Waals surface area contributed by atoms with E-state index in [4.69, 9.17) is 0 Å². The summed E-state index contributed by atoms with van der Waals surface area (Å²) in [7, 11) is 3.47. The molecule has 1 rings (SSSR count). The molecule has 0 aliphatic heterocycles. The minimum Gasteiger partial charge on any atom is -0.337 e. The van der Waals surface area contributed by atoms with Gasteiger partial charge in [0.05, 0.1) is 0 Å². The van der Waals surface area contributed by atoms with Gasteiger partial charge in [-0.15, -0.1) is 0 Å². The van der Waals surface area contributed by atoms with Gasteiger partial charge in [0, 0.05) is 33.2 Å². The lowest BCUT2D eigenvalue weighted by Crippen LogP contribution is -2.38. The Bertz CT molecular complexity index is 429. The van der Waals surface area contributed by atoms with Crippen LogP contribution in [0.4, 0.5) is 4.79 Å². The van der Waals surface area contributed by atoms with Gasteiger partial charge in [0.2, 0.25) is 0 Å². The minimum atomic E-state index is -0.0550. The summed E-state index contributed by atoms with van der Waals surface area (Å²) in [5.74, 6) is 0. The second kappa shape index (κ2) is 7.14. The number of carbonyl (C=O) groups is 1. The van der Waals surface area contributed by atoms with E-state index in [2.05, 4.69) is 49.6 Å². The Hall–Kier alpha value is -1.55. The third kappa shape index (κ3) is 4.91. The van der Waals surface area contributed by atoms with Gasteiger partial charge in [0.25, 0.3) is 0 Å². The molecule has 1 atom stereocenters.